The van der Waals surface area contributed by atoms with Crippen LogP contribution in [-0.2, 0) is 10.0 Å². The van der Waals surface area contributed by atoms with Gasteiger partial charge in [0.05, 0.1) is 11.0 Å². The maximum Gasteiger partial charge on any atom is 0.253 e. The van der Waals surface area contributed by atoms with Gasteiger partial charge in [-0.25, -0.2) is 12.7 Å². The molecule has 30 heavy (non-hydrogen) atoms. The van der Waals surface area contributed by atoms with Gasteiger partial charge in [0.15, 0.2) is 0 Å². The molecule has 1 amide bonds. The van der Waals surface area contributed by atoms with Crippen LogP contribution in [0.15, 0.2) is 47.4 Å². The molecule has 2 aromatic carbocycles. The van der Waals surface area contributed by atoms with Gasteiger partial charge < -0.3 is 10.0 Å². The van der Waals surface area contributed by atoms with Gasteiger partial charge in [0.1, 0.15) is 0 Å². The Labute approximate surface area is 179 Å². The summed E-state index contributed by atoms with van der Waals surface area (Å²) in [5, 5.41) is 10.7. The van der Waals surface area contributed by atoms with Gasteiger partial charge in [-0.15, -0.1) is 0 Å². The van der Waals surface area contributed by atoms with Crippen molar-refractivity contribution in [1.82, 2.24) is 9.21 Å². The molecule has 1 fully saturated rings. The Kier molecular flexibility index (Phi) is 6.65. The smallest absolute Gasteiger partial charge is 0.253 e. The molecule has 1 N–H and O–H groups in total. The Balaban J connectivity index is 1.76. The van der Waals surface area contributed by atoms with E-state index in [4.69, 9.17) is 0 Å². The summed E-state index contributed by atoms with van der Waals surface area (Å²) in [5.74, 6) is -0.0677. The summed E-state index contributed by atoms with van der Waals surface area (Å²) in [5.41, 5.74) is 2.72. The Hall–Kier alpha value is -2.22. The molecule has 1 saturated heterocycles. The lowest BCUT2D eigenvalue weighted by atomic mass is 9.87. The molecule has 1 aliphatic rings. The number of likely N-dealkylation sites (tertiary alicyclic amines) is 1. The molecule has 0 unspecified atom stereocenters. The topological polar surface area (TPSA) is 77.9 Å². The standard InChI is InChI=1S/C23H30N2O4S/c1-16-14-20(15-21(17(16)2)30(28,29)24(3)4)23(27)25-12-10-19(11-13-25)22(26)18-8-6-5-7-9-18/h5-9,14-15,19,22,26H,10-13H2,1-4H3/t22-/m0/s1. The van der Waals surface area contributed by atoms with Gasteiger partial charge in [-0.2, -0.15) is 0 Å². The molecule has 0 saturated carbocycles. The summed E-state index contributed by atoms with van der Waals surface area (Å²) >= 11 is 0. The zero-order chi connectivity index (χ0) is 22.1. The number of aliphatic hydroxyl groups excluding tert-OH is 1. The Morgan fingerprint density at radius 1 is 1.10 bits per heavy atom. The van der Waals surface area contributed by atoms with Gasteiger partial charge in [0.2, 0.25) is 10.0 Å². The second-order valence-corrected chi connectivity index (χ2v) is 10.3. The average molecular weight is 431 g/mol. The van der Waals surface area contributed by atoms with Crippen molar-refractivity contribution in [2.75, 3.05) is 27.2 Å². The molecule has 0 aliphatic carbocycles. The first-order valence-corrected chi connectivity index (χ1v) is 11.6. The molecule has 0 aromatic heterocycles. The number of sulfonamides is 1. The van der Waals surface area contributed by atoms with Crippen LogP contribution >= 0.6 is 0 Å². The molecule has 2 aromatic rings. The van der Waals surface area contributed by atoms with Crippen LogP contribution in [0.2, 0.25) is 0 Å². The van der Waals surface area contributed by atoms with Crippen molar-refractivity contribution in [3.63, 3.8) is 0 Å². The maximum atomic E-state index is 13.1. The highest BCUT2D eigenvalue weighted by Gasteiger charge is 2.30. The molecule has 0 radical (unpaired) electrons. The van der Waals surface area contributed by atoms with Crippen molar-refractivity contribution in [2.45, 2.75) is 37.7 Å². The molecular formula is C23H30N2O4S. The summed E-state index contributed by atoms with van der Waals surface area (Å²) < 4.78 is 26.5. The fourth-order valence-electron chi connectivity index (χ4n) is 3.94. The van der Waals surface area contributed by atoms with Crippen LogP contribution in [0.5, 0.6) is 0 Å². The third-order valence-electron chi connectivity index (χ3n) is 6.04. The largest absolute Gasteiger partial charge is 0.388 e. The van der Waals surface area contributed by atoms with Crippen LogP contribution in [0.1, 0.15) is 46.0 Å². The molecule has 1 atom stereocenters. The zero-order valence-electron chi connectivity index (χ0n) is 18.0. The summed E-state index contributed by atoms with van der Waals surface area (Å²) in [6, 6.07) is 12.8. The molecule has 3 rings (SSSR count). The molecular weight excluding hydrogens is 400 g/mol. The highest BCUT2D eigenvalue weighted by Crippen LogP contribution is 2.31. The second-order valence-electron chi connectivity index (χ2n) is 8.19. The molecule has 1 heterocycles. The first kappa shape index (κ1) is 22.5. The SMILES string of the molecule is Cc1cc(C(=O)N2CCC([C@@H](O)c3ccccc3)CC2)cc(S(=O)(=O)N(C)C)c1C. The van der Waals surface area contributed by atoms with Crippen LogP contribution in [0, 0.1) is 19.8 Å². The van der Waals surface area contributed by atoms with E-state index in [1.54, 1.807) is 17.9 Å². The van der Waals surface area contributed by atoms with Gasteiger partial charge >= 0.3 is 0 Å². The number of aliphatic hydroxyl groups is 1. The van der Waals surface area contributed by atoms with Gasteiger partial charge in [-0.3, -0.25) is 4.79 Å². The lowest BCUT2D eigenvalue weighted by molar-refractivity contribution is 0.0462. The van der Waals surface area contributed by atoms with Crippen molar-refractivity contribution < 1.29 is 18.3 Å². The molecule has 0 bridgehead atoms. The van der Waals surface area contributed by atoms with E-state index in [0.717, 1.165) is 11.1 Å². The van der Waals surface area contributed by atoms with E-state index < -0.39 is 16.1 Å². The van der Waals surface area contributed by atoms with Crippen LogP contribution in [-0.4, -0.2) is 55.8 Å². The number of carbonyl (C=O) groups is 1. The Bertz CT molecular complexity index is 1010. The first-order valence-electron chi connectivity index (χ1n) is 10.2. The number of amides is 1. The Morgan fingerprint density at radius 3 is 2.27 bits per heavy atom. The van der Waals surface area contributed by atoms with Gasteiger partial charge in [-0.05, 0) is 61.4 Å². The van der Waals surface area contributed by atoms with Crippen LogP contribution in [0.4, 0.5) is 0 Å². The number of carbonyl (C=O) groups excluding carboxylic acids is 1. The maximum absolute atomic E-state index is 13.1. The number of piperidine rings is 1. The highest BCUT2D eigenvalue weighted by molar-refractivity contribution is 7.89. The van der Waals surface area contributed by atoms with E-state index in [1.807, 2.05) is 37.3 Å². The molecule has 6 nitrogen and oxygen atoms in total. The molecule has 1 aliphatic heterocycles. The van der Waals surface area contributed by atoms with Gasteiger partial charge in [0.25, 0.3) is 5.91 Å². The third-order valence-corrected chi connectivity index (χ3v) is 7.98. The van der Waals surface area contributed by atoms with Gasteiger partial charge in [0, 0.05) is 32.7 Å². The minimum absolute atomic E-state index is 0.0980. The zero-order valence-corrected chi connectivity index (χ0v) is 18.8. The molecule has 7 heteroatoms. The fourth-order valence-corrected chi connectivity index (χ4v) is 5.16. The van der Waals surface area contributed by atoms with Crippen molar-refractivity contribution >= 4 is 15.9 Å². The van der Waals surface area contributed by atoms with E-state index in [2.05, 4.69) is 0 Å². The summed E-state index contributed by atoms with van der Waals surface area (Å²) in [7, 11) is -0.663. The number of nitrogens with zero attached hydrogens (tertiary/aromatic N) is 2. The summed E-state index contributed by atoms with van der Waals surface area (Å²) in [4.78, 5) is 15.0. The minimum Gasteiger partial charge on any atom is -0.388 e. The van der Waals surface area contributed by atoms with E-state index in [9.17, 15) is 18.3 Å². The van der Waals surface area contributed by atoms with Gasteiger partial charge in [-0.1, -0.05) is 30.3 Å². The van der Waals surface area contributed by atoms with Crippen molar-refractivity contribution in [3.8, 4) is 0 Å². The highest BCUT2D eigenvalue weighted by atomic mass is 32.2. The number of hydrogen-bond acceptors (Lipinski definition) is 4. The summed E-state index contributed by atoms with van der Waals surface area (Å²) in [6.07, 6.45) is 0.868. The van der Waals surface area contributed by atoms with E-state index in [0.29, 0.717) is 37.1 Å². The van der Waals surface area contributed by atoms with Crippen molar-refractivity contribution in [1.29, 1.82) is 0 Å². The molecule has 162 valence electrons. The number of hydrogen-bond donors (Lipinski definition) is 1. The second kappa shape index (κ2) is 8.88. The average Bonchev–Trinajstić information content (AvgIpc) is 2.75. The van der Waals surface area contributed by atoms with E-state index in [-0.39, 0.29) is 16.7 Å². The predicted molar refractivity (Wildman–Crippen MR) is 117 cm³/mol. The predicted octanol–water partition coefficient (Wildman–Crippen LogP) is 3.14. The number of rotatable bonds is 5. The lowest BCUT2D eigenvalue weighted by Crippen LogP contribution is -2.40. The third kappa shape index (κ3) is 4.43. The van der Waals surface area contributed by atoms with Crippen molar-refractivity contribution in [2.24, 2.45) is 5.92 Å². The Morgan fingerprint density at radius 2 is 1.70 bits per heavy atom. The van der Waals surface area contributed by atoms with E-state index >= 15 is 0 Å². The van der Waals surface area contributed by atoms with Crippen LogP contribution in [0.25, 0.3) is 0 Å². The quantitative estimate of drug-likeness (QED) is 0.791. The number of aryl methyl sites for hydroxylation is 1. The first-order chi connectivity index (χ1) is 14.1. The van der Waals surface area contributed by atoms with Crippen molar-refractivity contribution in [3.05, 3.63) is 64.7 Å². The lowest BCUT2D eigenvalue weighted by Gasteiger charge is -2.34. The van der Waals surface area contributed by atoms with E-state index in [1.165, 1.54) is 24.5 Å². The van der Waals surface area contributed by atoms with Crippen LogP contribution < -0.4 is 0 Å². The number of benzene rings is 2. The normalized spacial score (nSPS) is 16.7. The molecule has 0 spiro atoms. The fraction of sp³-hybridized carbons (Fsp3) is 0.435. The minimum atomic E-state index is -3.64. The summed E-state index contributed by atoms with van der Waals surface area (Å²) in [6.45, 7) is 4.66. The monoisotopic (exact) mass is 430 g/mol. The van der Waals surface area contributed by atoms with Crippen LogP contribution in [0.3, 0.4) is 0 Å².